The fourth-order valence-corrected chi connectivity index (χ4v) is 1.55. The summed E-state index contributed by atoms with van der Waals surface area (Å²) in [5, 5.41) is 0. The zero-order chi connectivity index (χ0) is 14.0. The Hall–Kier alpha value is -2.01. The Labute approximate surface area is 108 Å². The average molecular weight is 267 g/mol. The van der Waals surface area contributed by atoms with Gasteiger partial charge in [0.2, 0.25) is 0 Å². The molecule has 0 amide bonds. The van der Waals surface area contributed by atoms with Crippen LogP contribution in [0, 0.1) is 17.5 Å². The predicted octanol–water partition coefficient (Wildman–Crippen LogP) is 3.92. The van der Waals surface area contributed by atoms with Crippen molar-refractivity contribution in [2.24, 2.45) is 5.73 Å². The molecule has 0 saturated heterocycles. The van der Waals surface area contributed by atoms with Crippen LogP contribution >= 0.6 is 0 Å². The van der Waals surface area contributed by atoms with Crippen molar-refractivity contribution in [3.05, 3.63) is 59.4 Å². The van der Waals surface area contributed by atoms with E-state index in [1.165, 1.54) is 18.2 Å². The Kier molecular flexibility index (Phi) is 3.76. The van der Waals surface area contributed by atoms with Crippen LogP contribution in [0.2, 0.25) is 0 Å². The first-order valence-electron chi connectivity index (χ1n) is 5.65. The van der Waals surface area contributed by atoms with E-state index < -0.39 is 17.5 Å². The standard InChI is InChI=1S/C14H12F3NO/c1-8(18)9-2-5-14(13(17)6-9)19-10-3-4-11(15)12(16)7-10/h2-8H,18H2,1H3/t8-/m0/s1. The summed E-state index contributed by atoms with van der Waals surface area (Å²) in [5.41, 5.74) is 6.24. The minimum absolute atomic E-state index is 0.0198. The Balaban J connectivity index is 2.25. The van der Waals surface area contributed by atoms with Crippen molar-refractivity contribution in [2.75, 3.05) is 0 Å². The second kappa shape index (κ2) is 5.32. The summed E-state index contributed by atoms with van der Waals surface area (Å²) < 4.78 is 44.6. The largest absolute Gasteiger partial charge is 0.454 e. The van der Waals surface area contributed by atoms with E-state index in [0.717, 1.165) is 12.1 Å². The molecule has 5 heteroatoms. The first-order chi connectivity index (χ1) is 8.97. The topological polar surface area (TPSA) is 35.2 Å². The molecule has 0 aliphatic rings. The van der Waals surface area contributed by atoms with Crippen molar-refractivity contribution >= 4 is 0 Å². The molecule has 0 bridgehead atoms. The van der Waals surface area contributed by atoms with E-state index in [2.05, 4.69) is 0 Å². The van der Waals surface area contributed by atoms with Gasteiger partial charge in [-0.25, -0.2) is 13.2 Å². The Bertz CT molecular complexity index is 599. The van der Waals surface area contributed by atoms with Crippen LogP contribution in [-0.4, -0.2) is 0 Å². The van der Waals surface area contributed by atoms with Crippen LogP contribution < -0.4 is 10.5 Å². The number of rotatable bonds is 3. The van der Waals surface area contributed by atoms with Gasteiger partial charge in [0.1, 0.15) is 5.75 Å². The van der Waals surface area contributed by atoms with Gasteiger partial charge >= 0.3 is 0 Å². The van der Waals surface area contributed by atoms with Crippen LogP contribution in [0.15, 0.2) is 36.4 Å². The molecular formula is C14H12F3NO. The summed E-state index contributed by atoms with van der Waals surface area (Å²) in [5.74, 6) is -2.70. The molecule has 2 nitrogen and oxygen atoms in total. The Morgan fingerprint density at radius 1 is 0.947 bits per heavy atom. The minimum Gasteiger partial charge on any atom is -0.454 e. The first-order valence-corrected chi connectivity index (χ1v) is 5.65. The average Bonchev–Trinajstić information content (AvgIpc) is 2.36. The molecule has 0 aliphatic heterocycles. The summed E-state index contributed by atoms with van der Waals surface area (Å²) >= 11 is 0. The minimum atomic E-state index is -1.05. The number of nitrogens with two attached hydrogens (primary N) is 1. The monoisotopic (exact) mass is 267 g/mol. The highest BCUT2D eigenvalue weighted by Gasteiger charge is 2.10. The van der Waals surface area contributed by atoms with Crippen LogP contribution in [0.5, 0.6) is 11.5 Å². The maximum absolute atomic E-state index is 13.7. The molecule has 100 valence electrons. The van der Waals surface area contributed by atoms with Gasteiger partial charge < -0.3 is 10.5 Å². The molecule has 0 unspecified atom stereocenters. The highest BCUT2D eigenvalue weighted by Crippen LogP contribution is 2.27. The summed E-state index contributed by atoms with van der Waals surface area (Å²) in [6, 6.07) is 6.95. The molecule has 0 radical (unpaired) electrons. The number of hydrogen-bond acceptors (Lipinski definition) is 2. The summed E-state index contributed by atoms with van der Waals surface area (Å²) in [7, 11) is 0. The molecule has 0 saturated carbocycles. The maximum atomic E-state index is 13.7. The number of ether oxygens (including phenoxy) is 1. The Morgan fingerprint density at radius 3 is 2.26 bits per heavy atom. The quantitative estimate of drug-likeness (QED) is 0.914. The zero-order valence-electron chi connectivity index (χ0n) is 10.2. The van der Waals surface area contributed by atoms with Crippen LogP contribution in [-0.2, 0) is 0 Å². The molecule has 19 heavy (non-hydrogen) atoms. The molecular weight excluding hydrogens is 255 g/mol. The van der Waals surface area contributed by atoms with Gasteiger partial charge in [-0.05, 0) is 36.8 Å². The van der Waals surface area contributed by atoms with Gasteiger partial charge in [-0.3, -0.25) is 0 Å². The smallest absolute Gasteiger partial charge is 0.166 e. The van der Waals surface area contributed by atoms with Crippen molar-refractivity contribution in [3.63, 3.8) is 0 Å². The Morgan fingerprint density at radius 2 is 1.68 bits per heavy atom. The van der Waals surface area contributed by atoms with Gasteiger partial charge in [0.05, 0.1) is 0 Å². The van der Waals surface area contributed by atoms with Gasteiger partial charge in [0, 0.05) is 12.1 Å². The third kappa shape index (κ3) is 3.06. The summed E-state index contributed by atoms with van der Waals surface area (Å²) in [4.78, 5) is 0. The third-order valence-corrected chi connectivity index (χ3v) is 2.60. The highest BCUT2D eigenvalue weighted by atomic mass is 19.2. The molecule has 2 aromatic carbocycles. The van der Waals surface area contributed by atoms with Crippen molar-refractivity contribution < 1.29 is 17.9 Å². The lowest BCUT2D eigenvalue weighted by Crippen LogP contribution is -2.05. The van der Waals surface area contributed by atoms with Gasteiger partial charge in [-0.15, -0.1) is 0 Å². The van der Waals surface area contributed by atoms with Crippen LogP contribution in [0.4, 0.5) is 13.2 Å². The molecule has 2 rings (SSSR count). The first kappa shape index (κ1) is 13.4. The van der Waals surface area contributed by atoms with E-state index in [0.29, 0.717) is 5.56 Å². The maximum Gasteiger partial charge on any atom is 0.166 e. The fourth-order valence-electron chi connectivity index (χ4n) is 1.55. The normalized spacial score (nSPS) is 12.3. The SMILES string of the molecule is C[C@H](N)c1ccc(Oc2ccc(F)c(F)c2)c(F)c1. The van der Waals surface area contributed by atoms with Crippen molar-refractivity contribution in [1.29, 1.82) is 0 Å². The van der Waals surface area contributed by atoms with Crippen LogP contribution in [0.25, 0.3) is 0 Å². The number of benzene rings is 2. The fraction of sp³-hybridized carbons (Fsp3) is 0.143. The lowest BCUT2D eigenvalue weighted by atomic mass is 10.1. The van der Waals surface area contributed by atoms with E-state index in [4.69, 9.17) is 10.5 Å². The van der Waals surface area contributed by atoms with Crippen molar-refractivity contribution in [3.8, 4) is 11.5 Å². The second-order valence-electron chi connectivity index (χ2n) is 4.16. The number of halogens is 3. The predicted molar refractivity (Wildman–Crippen MR) is 65.4 cm³/mol. The molecule has 0 aliphatic carbocycles. The van der Waals surface area contributed by atoms with Gasteiger partial charge in [-0.2, -0.15) is 0 Å². The van der Waals surface area contributed by atoms with Gasteiger partial charge in [0.15, 0.2) is 23.2 Å². The van der Waals surface area contributed by atoms with Crippen LogP contribution in [0.1, 0.15) is 18.5 Å². The number of hydrogen-bond donors (Lipinski definition) is 1. The van der Waals surface area contributed by atoms with Gasteiger partial charge in [-0.1, -0.05) is 6.07 Å². The van der Waals surface area contributed by atoms with Crippen molar-refractivity contribution in [2.45, 2.75) is 13.0 Å². The summed E-state index contributed by atoms with van der Waals surface area (Å²) in [6.45, 7) is 1.73. The molecule has 2 N–H and O–H groups in total. The van der Waals surface area contributed by atoms with E-state index in [1.807, 2.05) is 0 Å². The lowest BCUT2D eigenvalue weighted by molar-refractivity contribution is 0.431. The third-order valence-electron chi connectivity index (χ3n) is 2.60. The molecule has 0 spiro atoms. The second-order valence-corrected chi connectivity index (χ2v) is 4.16. The molecule has 0 heterocycles. The molecule has 0 aromatic heterocycles. The van der Waals surface area contributed by atoms with E-state index in [-0.39, 0.29) is 17.5 Å². The summed E-state index contributed by atoms with van der Waals surface area (Å²) in [6.07, 6.45) is 0. The van der Waals surface area contributed by atoms with E-state index in [1.54, 1.807) is 13.0 Å². The van der Waals surface area contributed by atoms with E-state index >= 15 is 0 Å². The van der Waals surface area contributed by atoms with E-state index in [9.17, 15) is 13.2 Å². The molecule has 2 aromatic rings. The zero-order valence-corrected chi connectivity index (χ0v) is 10.2. The van der Waals surface area contributed by atoms with Gasteiger partial charge in [0.25, 0.3) is 0 Å². The van der Waals surface area contributed by atoms with Crippen molar-refractivity contribution in [1.82, 2.24) is 0 Å². The highest BCUT2D eigenvalue weighted by molar-refractivity contribution is 5.35. The van der Waals surface area contributed by atoms with Crippen LogP contribution in [0.3, 0.4) is 0 Å². The molecule has 1 atom stereocenters. The lowest BCUT2D eigenvalue weighted by Gasteiger charge is -2.10. The molecule has 0 fully saturated rings.